The Hall–Kier alpha value is -3.15. The largest absolute Gasteiger partial charge is 0.493 e. The highest BCUT2D eigenvalue weighted by molar-refractivity contribution is 6.20. The summed E-state index contributed by atoms with van der Waals surface area (Å²) in [4.78, 5) is 11.8. The molecule has 0 aliphatic carbocycles. The third-order valence-corrected chi connectivity index (χ3v) is 3.80. The monoisotopic (exact) mass is 372 g/mol. The lowest BCUT2D eigenvalue weighted by Crippen LogP contribution is -2.01. The van der Waals surface area contributed by atoms with Crippen molar-refractivity contribution < 1.29 is 28.8 Å². The van der Waals surface area contributed by atoms with Gasteiger partial charge in [-0.2, -0.15) is 0 Å². The highest BCUT2D eigenvalue weighted by Crippen LogP contribution is 2.33. The molecule has 0 aromatic heterocycles. The quantitative estimate of drug-likeness (QED) is 0.527. The molecule has 0 aliphatic heterocycles. The normalized spacial score (nSPS) is 11.0. The molecule has 144 valence electrons. The van der Waals surface area contributed by atoms with Gasteiger partial charge in [-0.05, 0) is 55.3 Å². The zero-order chi connectivity index (χ0) is 19.8. The van der Waals surface area contributed by atoms with Crippen molar-refractivity contribution in [3.8, 4) is 23.0 Å². The molecule has 0 saturated heterocycles. The van der Waals surface area contributed by atoms with Crippen molar-refractivity contribution in [2.75, 3.05) is 27.4 Å². The molecular formula is C21H24O6. The summed E-state index contributed by atoms with van der Waals surface area (Å²) < 4.78 is 21.6. The fourth-order valence-electron chi connectivity index (χ4n) is 2.60. The van der Waals surface area contributed by atoms with Crippen LogP contribution in [0.1, 0.15) is 25.0 Å². The molecule has 0 radical (unpaired) electrons. The molecule has 6 heteroatoms. The van der Waals surface area contributed by atoms with Crippen LogP contribution in [0.5, 0.6) is 23.0 Å². The van der Waals surface area contributed by atoms with Gasteiger partial charge in [0.25, 0.3) is 0 Å². The highest BCUT2D eigenvalue weighted by atomic mass is 16.5. The molecule has 0 amide bonds. The molecule has 0 atom stereocenters. The van der Waals surface area contributed by atoms with Gasteiger partial charge in [0.15, 0.2) is 23.0 Å². The van der Waals surface area contributed by atoms with E-state index < -0.39 is 5.97 Å². The van der Waals surface area contributed by atoms with Crippen LogP contribution in [0.25, 0.3) is 11.6 Å². The Morgan fingerprint density at radius 3 is 2.11 bits per heavy atom. The van der Waals surface area contributed by atoms with Crippen LogP contribution in [0.2, 0.25) is 0 Å². The summed E-state index contributed by atoms with van der Waals surface area (Å²) in [5.41, 5.74) is 1.32. The van der Waals surface area contributed by atoms with Gasteiger partial charge < -0.3 is 24.1 Å². The van der Waals surface area contributed by atoms with E-state index in [1.165, 1.54) is 14.2 Å². The average Bonchev–Trinajstić information content (AvgIpc) is 2.67. The third-order valence-electron chi connectivity index (χ3n) is 3.80. The SMILES string of the molecule is CCOc1ccc(/C=C(\C(=O)O)c2ccc(OC)c(OC)c2)cc1OCC. The molecule has 0 spiro atoms. The van der Waals surface area contributed by atoms with E-state index in [-0.39, 0.29) is 5.57 Å². The van der Waals surface area contributed by atoms with Crippen LogP contribution in [-0.2, 0) is 4.79 Å². The van der Waals surface area contributed by atoms with E-state index in [0.717, 1.165) is 0 Å². The standard InChI is InChI=1S/C21H24O6/c1-5-26-18-9-7-14(12-20(18)27-6-2)11-16(21(22)23)15-8-10-17(24-3)19(13-15)25-4/h7-13H,5-6H2,1-4H3,(H,22,23)/b16-11-. The molecule has 0 bridgehead atoms. The summed E-state index contributed by atoms with van der Waals surface area (Å²) in [7, 11) is 3.03. The molecule has 0 saturated carbocycles. The Labute approximate surface area is 158 Å². The summed E-state index contributed by atoms with van der Waals surface area (Å²) in [6.07, 6.45) is 1.59. The lowest BCUT2D eigenvalue weighted by molar-refractivity contribution is -0.130. The van der Waals surface area contributed by atoms with E-state index in [4.69, 9.17) is 18.9 Å². The third kappa shape index (κ3) is 4.94. The molecular weight excluding hydrogens is 348 g/mol. The second kappa shape index (κ2) is 9.52. The van der Waals surface area contributed by atoms with Crippen molar-refractivity contribution >= 4 is 17.6 Å². The van der Waals surface area contributed by atoms with Gasteiger partial charge in [0.2, 0.25) is 0 Å². The lowest BCUT2D eigenvalue weighted by Gasteiger charge is -2.12. The molecule has 0 unspecified atom stereocenters. The number of hydrogen-bond acceptors (Lipinski definition) is 5. The first-order chi connectivity index (χ1) is 13.0. The van der Waals surface area contributed by atoms with Gasteiger partial charge in [0, 0.05) is 0 Å². The van der Waals surface area contributed by atoms with E-state index in [2.05, 4.69) is 0 Å². The van der Waals surface area contributed by atoms with Crippen molar-refractivity contribution in [1.29, 1.82) is 0 Å². The first kappa shape index (κ1) is 20.2. The van der Waals surface area contributed by atoms with Crippen LogP contribution in [0.15, 0.2) is 36.4 Å². The minimum Gasteiger partial charge on any atom is -0.493 e. The fraction of sp³-hybridized carbons (Fsp3) is 0.286. The van der Waals surface area contributed by atoms with Gasteiger partial charge in [-0.3, -0.25) is 0 Å². The second-order valence-electron chi connectivity index (χ2n) is 5.51. The van der Waals surface area contributed by atoms with Gasteiger partial charge >= 0.3 is 5.97 Å². The zero-order valence-electron chi connectivity index (χ0n) is 15.9. The Kier molecular flexibility index (Phi) is 7.11. The number of carboxylic acids is 1. The number of rotatable bonds is 9. The van der Waals surface area contributed by atoms with Crippen LogP contribution in [0.3, 0.4) is 0 Å². The topological polar surface area (TPSA) is 74.2 Å². The first-order valence-electron chi connectivity index (χ1n) is 8.61. The van der Waals surface area contributed by atoms with E-state index in [1.807, 2.05) is 13.8 Å². The number of carboxylic acid groups (broad SMARTS) is 1. The predicted octanol–water partition coefficient (Wildman–Crippen LogP) is 4.13. The molecule has 0 fully saturated rings. The summed E-state index contributed by atoms with van der Waals surface area (Å²) in [5.74, 6) is 1.15. The molecule has 27 heavy (non-hydrogen) atoms. The van der Waals surface area contributed by atoms with Crippen molar-refractivity contribution in [1.82, 2.24) is 0 Å². The maximum atomic E-state index is 11.8. The van der Waals surface area contributed by atoms with E-state index in [1.54, 1.807) is 42.5 Å². The van der Waals surface area contributed by atoms with Gasteiger partial charge in [0.1, 0.15) is 0 Å². The minimum atomic E-state index is -1.05. The van der Waals surface area contributed by atoms with Crippen LogP contribution in [-0.4, -0.2) is 38.5 Å². The average molecular weight is 372 g/mol. The van der Waals surface area contributed by atoms with Crippen molar-refractivity contribution in [2.24, 2.45) is 0 Å². The van der Waals surface area contributed by atoms with Gasteiger partial charge in [-0.1, -0.05) is 12.1 Å². The molecule has 2 rings (SSSR count). The van der Waals surface area contributed by atoms with Gasteiger partial charge in [-0.25, -0.2) is 4.79 Å². The minimum absolute atomic E-state index is 0.127. The smallest absolute Gasteiger partial charge is 0.336 e. The van der Waals surface area contributed by atoms with E-state index in [9.17, 15) is 9.90 Å². The number of methoxy groups -OCH3 is 2. The molecule has 0 aliphatic rings. The second-order valence-corrected chi connectivity index (χ2v) is 5.51. The Bertz CT molecular complexity index is 825. The Morgan fingerprint density at radius 2 is 1.52 bits per heavy atom. The lowest BCUT2D eigenvalue weighted by atomic mass is 10.0. The number of ether oxygens (including phenoxy) is 4. The molecule has 6 nitrogen and oxygen atoms in total. The zero-order valence-corrected chi connectivity index (χ0v) is 15.9. The molecule has 0 heterocycles. The summed E-state index contributed by atoms with van der Waals surface area (Å²) in [5, 5.41) is 9.69. The number of hydrogen-bond donors (Lipinski definition) is 1. The van der Waals surface area contributed by atoms with Crippen molar-refractivity contribution in [3.05, 3.63) is 47.5 Å². The summed E-state index contributed by atoms with van der Waals surface area (Å²) >= 11 is 0. The van der Waals surface area contributed by atoms with E-state index in [0.29, 0.717) is 47.3 Å². The van der Waals surface area contributed by atoms with Crippen LogP contribution >= 0.6 is 0 Å². The molecule has 1 N–H and O–H groups in total. The van der Waals surface area contributed by atoms with Gasteiger partial charge in [0.05, 0.1) is 33.0 Å². The summed E-state index contributed by atoms with van der Waals surface area (Å²) in [6.45, 7) is 4.77. The predicted molar refractivity (Wildman–Crippen MR) is 104 cm³/mol. The fourth-order valence-corrected chi connectivity index (χ4v) is 2.60. The maximum absolute atomic E-state index is 11.8. The molecule has 2 aromatic carbocycles. The highest BCUT2D eigenvalue weighted by Gasteiger charge is 2.15. The van der Waals surface area contributed by atoms with Crippen LogP contribution in [0.4, 0.5) is 0 Å². The molecule has 2 aromatic rings. The van der Waals surface area contributed by atoms with Crippen LogP contribution in [0, 0.1) is 0 Å². The number of benzene rings is 2. The summed E-state index contributed by atoms with van der Waals surface area (Å²) in [6, 6.07) is 10.3. The van der Waals surface area contributed by atoms with Crippen LogP contribution < -0.4 is 18.9 Å². The number of carbonyl (C=O) groups is 1. The Balaban J connectivity index is 2.49. The van der Waals surface area contributed by atoms with E-state index >= 15 is 0 Å². The Morgan fingerprint density at radius 1 is 0.889 bits per heavy atom. The number of aliphatic carboxylic acids is 1. The maximum Gasteiger partial charge on any atom is 0.336 e. The van der Waals surface area contributed by atoms with Crippen molar-refractivity contribution in [2.45, 2.75) is 13.8 Å². The van der Waals surface area contributed by atoms with Gasteiger partial charge in [-0.15, -0.1) is 0 Å². The first-order valence-corrected chi connectivity index (χ1v) is 8.61. The van der Waals surface area contributed by atoms with Crippen molar-refractivity contribution in [3.63, 3.8) is 0 Å².